The number of carbonyl (C=O) groups is 1. The third-order valence-electron chi connectivity index (χ3n) is 3.62. The minimum Gasteiger partial charge on any atom is -0.327 e. The molecule has 2 aromatic rings. The number of rotatable bonds is 3. The Kier molecular flexibility index (Phi) is 4.42. The number of aromatic nitrogens is 1. The van der Waals surface area contributed by atoms with Crippen LogP contribution in [-0.4, -0.2) is 16.9 Å². The predicted octanol–water partition coefficient (Wildman–Crippen LogP) is 2.93. The molecule has 4 nitrogen and oxygen atoms in total. The highest BCUT2D eigenvalue weighted by molar-refractivity contribution is 7.15. The van der Waals surface area contributed by atoms with Crippen molar-refractivity contribution < 1.29 is 9.18 Å². The molecule has 1 amide bonds. The zero-order chi connectivity index (χ0) is 15.7. The molecule has 3 rings (SSSR count). The van der Waals surface area contributed by atoms with Gasteiger partial charge in [-0.25, -0.2) is 9.37 Å². The van der Waals surface area contributed by atoms with Crippen LogP contribution in [0, 0.1) is 5.82 Å². The maximum Gasteiger partial charge on any atom is 0.230 e. The number of hydrogen-bond donors (Lipinski definition) is 2. The van der Waals surface area contributed by atoms with Crippen molar-refractivity contribution in [2.24, 2.45) is 5.73 Å². The van der Waals surface area contributed by atoms with E-state index in [1.165, 1.54) is 23.5 Å². The Morgan fingerprint density at radius 2 is 2.36 bits per heavy atom. The summed E-state index contributed by atoms with van der Waals surface area (Å²) in [4.78, 5) is 17.6. The molecule has 1 aromatic heterocycles. The Morgan fingerprint density at radius 3 is 3.14 bits per heavy atom. The fraction of sp³-hybridized carbons (Fsp3) is 0.333. The van der Waals surface area contributed by atoms with Gasteiger partial charge in [-0.15, -0.1) is 11.3 Å². The number of aryl methyl sites for hydroxylation is 1. The van der Waals surface area contributed by atoms with Crippen LogP contribution in [0.1, 0.15) is 22.6 Å². The van der Waals surface area contributed by atoms with Crippen LogP contribution >= 0.6 is 22.9 Å². The molecule has 0 unspecified atom stereocenters. The molecule has 0 spiro atoms. The van der Waals surface area contributed by atoms with Crippen LogP contribution in [0.2, 0.25) is 5.02 Å². The molecule has 3 N–H and O–H groups in total. The standard InChI is InChI=1S/C15H15ClFN3OS/c16-10-2-1-3-11(17)9(10)7-14(21)20-15-19-12-5-4-8(18)6-13(12)22-15/h1-3,8H,4-7,18H2,(H,19,20,21)/t8-/m0/s1. The molecule has 1 aromatic carbocycles. The number of fused-ring (bicyclic) bond motifs is 1. The van der Waals surface area contributed by atoms with Crippen molar-refractivity contribution >= 4 is 34.0 Å². The third-order valence-corrected chi connectivity index (χ3v) is 5.01. The van der Waals surface area contributed by atoms with E-state index in [9.17, 15) is 9.18 Å². The van der Waals surface area contributed by atoms with Crippen LogP contribution in [0.4, 0.5) is 9.52 Å². The second-order valence-corrected chi connectivity index (χ2v) is 6.81. The van der Waals surface area contributed by atoms with Gasteiger partial charge in [-0.2, -0.15) is 0 Å². The Balaban J connectivity index is 1.70. The van der Waals surface area contributed by atoms with Crippen LogP contribution in [-0.2, 0) is 24.1 Å². The summed E-state index contributed by atoms with van der Waals surface area (Å²) in [6.45, 7) is 0. The highest BCUT2D eigenvalue weighted by atomic mass is 35.5. The van der Waals surface area contributed by atoms with Crippen molar-refractivity contribution in [2.75, 3.05) is 5.32 Å². The lowest BCUT2D eigenvalue weighted by Gasteiger charge is -2.15. The Bertz CT molecular complexity index is 699. The Hall–Kier alpha value is -1.50. The van der Waals surface area contributed by atoms with E-state index in [1.807, 2.05) is 0 Å². The number of thiazole rings is 1. The van der Waals surface area contributed by atoms with Crippen LogP contribution in [0.25, 0.3) is 0 Å². The molecule has 0 saturated carbocycles. The number of hydrogen-bond acceptors (Lipinski definition) is 4. The molecular formula is C15H15ClFN3OS. The molecule has 0 radical (unpaired) electrons. The van der Waals surface area contributed by atoms with E-state index >= 15 is 0 Å². The number of anilines is 1. The van der Waals surface area contributed by atoms with Gasteiger partial charge in [-0.1, -0.05) is 17.7 Å². The van der Waals surface area contributed by atoms with Gasteiger partial charge in [0.15, 0.2) is 5.13 Å². The van der Waals surface area contributed by atoms with Gasteiger partial charge < -0.3 is 11.1 Å². The summed E-state index contributed by atoms with van der Waals surface area (Å²) in [5.41, 5.74) is 7.14. The number of nitrogens with one attached hydrogen (secondary N) is 1. The molecule has 116 valence electrons. The molecule has 1 aliphatic carbocycles. The Labute approximate surface area is 136 Å². The van der Waals surface area contributed by atoms with Crippen molar-refractivity contribution in [2.45, 2.75) is 31.7 Å². The third kappa shape index (κ3) is 3.29. The van der Waals surface area contributed by atoms with Crippen molar-refractivity contribution in [1.82, 2.24) is 4.98 Å². The summed E-state index contributed by atoms with van der Waals surface area (Å²) >= 11 is 7.36. The molecule has 7 heteroatoms. The number of amides is 1. The number of nitrogens with two attached hydrogens (primary N) is 1. The normalized spacial score (nSPS) is 17.1. The van der Waals surface area contributed by atoms with Crippen molar-refractivity contribution in [3.63, 3.8) is 0 Å². The quantitative estimate of drug-likeness (QED) is 0.903. The maximum absolute atomic E-state index is 13.7. The van der Waals surface area contributed by atoms with E-state index < -0.39 is 5.82 Å². The number of nitrogens with zero attached hydrogens (tertiary/aromatic N) is 1. The van der Waals surface area contributed by atoms with Crippen molar-refractivity contribution in [1.29, 1.82) is 0 Å². The molecule has 0 aliphatic heterocycles. The van der Waals surface area contributed by atoms with E-state index in [2.05, 4.69) is 10.3 Å². The van der Waals surface area contributed by atoms with Crippen LogP contribution in [0.5, 0.6) is 0 Å². The monoisotopic (exact) mass is 339 g/mol. The summed E-state index contributed by atoms with van der Waals surface area (Å²) in [5, 5.41) is 3.51. The second-order valence-electron chi connectivity index (χ2n) is 5.32. The summed E-state index contributed by atoms with van der Waals surface area (Å²) < 4.78 is 13.7. The average Bonchev–Trinajstić information content (AvgIpc) is 2.84. The van der Waals surface area contributed by atoms with Crippen LogP contribution in [0.3, 0.4) is 0 Å². The molecular weight excluding hydrogens is 325 g/mol. The van der Waals surface area contributed by atoms with Gasteiger partial charge in [0.1, 0.15) is 5.82 Å². The van der Waals surface area contributed by atoms with E-state index in [0.717, 1.165) is 29.8 Å². The number of carbonyl (C=O) groups excluding carboxylic acids is 1. The van der Waals surface area contributed by atoms with Crippen molar-refractivity contribution in [3.05, 3.63) is 45.2 Å². The fourth-order valence-electron chi connectivity index (χ4n) is 2.48. The number of benzene rings is 1. The van der Waals surface area contributed by atoms with Crippen LogP contribution < -0.4 is 11.1 Å². The largest absolute Gasteiger partial charge is 0.327 e. The summed E-state index contributed by atoms with van der Waals surface area (Å²) in [6.07, 6.45) is 2.42. The lowest BCUT2D eigenvalue weighted by Crippen LogP contribution is -2.27. The molecule has 1 heterocycles. The number of halogens is 2. The van der Waals surface area contributed by atoms with Gasteiger partial charge >= 0.3 is 0 Å². The summed E-state index contributed by atoms with van der Waals surface area (Å²) in [5.74, 6) is -0.811. The highest BCUT2D eigenvalue weighted by Gasteiger charge is 2.21. The van der Waals surface area contributed by atoms with E-state index in [0.29, 0.717) is 5.13 Å². The molecule has 1 aliphatic rings. The lowest BCUT2D eigenvalue weighted by atomic mass is 9.99. The molecule has 1 atom stereocenters. The minimum atomic E-state index is -0.480. The summed E-state index contributed by atoms with van der Waals surface area (Å²) in [6, 6.07) is 4.53. The smallest absolute Gasteiger partial charge is 0.230 e. The first-order chi connectivity index (χ1) is 10.5. The topological polar surface area (TPSA) is 68.0 Å². The molecule has 0 saturated heterocycles. The second kappa shape index (κ2) is 6.32. The molecule has 22 heavy (non-hydrogen) atoms. The highest BCUT2D eigenvalue weighted by Crippen LogP contribution is 2.29. The molecule has 0 bridgehead atoms. The van der Waals surface area contributed by atoms with Crippen LogP contribution in [0.15, 0.2) is 18.2 Å². The van der Waals surface area contributed by atoms with Gasteiger partial charge in [-0.05, 0) is 31.4 Å². The minimum absolute atomic E-state index is 0.116. The summed E-state index contributed by atoms with van der Waals surface area (Å²) in [7, 11) is 0. The zero-order valence-corrected chi connectivity index (χ0v) is 13.3. The van der Waals surface area contributed by atoms with Gasteiger partial charge in [0.05, 0.1) is 12.1 Å². The predicted molar refractivity (Wildman–Crippen MR) is 85.9 cm³/mol. The van der Waals surface area contributed by atoms with Crippen molar-refractivity contribution in [3.8, 4) is 0 Å². The first-order valence-corrected chi connectivity index (χ1v) is 8.19. The van der Waals surface area contributed by atoms with Gasteiger partial charge in [0.2, 0.25) is 5.91 Å². The van der Waals surface area contributed by atoms with E-state index in [1.54, 1.807) is 6.07 Å². The first kappa shape index (κ1) is 15.4. The molecule has 0 fully saturated rings. The van der Waals surface area contributed by atoms with Gasteiger partial charge in [0, 0.05) is 21.5 Å². The average molecular weight is 340 g/mol. The Morgan fingerprint density at radius 1 is 1.55 bits per heavy atom. The van der Waals surface area contributed by atoms with E-state index in [4.69, 9.17) is 17.3 Å². The SMILES string of the molecule is N[C@H]1CCc2nc(NC(=O)Cc3c(F)cccc3Cl)sc2C1. The lowest BCUT2D eigenvalue weighted by molar-refractivity contribution is -0.115. The van der Waals surface area contributed by atoms with Gasteiger partial charge in [-0.3, -0.25) is 4.79 Å². The maximum atomic E-state index is 13.7. The van der Waals surface area contributed by atoms with E-state index in [-0.39, 0.29) is 29.0 Å². The zero-order valence-electron chi connectivity index (χ0n) is 11.7. The fourth-order valence-corrected chi connectivity index (χ4v) is 3.83. The first-order valence-electron chi connectivity index (χ1n) is 7.00. The van der Waals surface area contributed by atoms with Gasteiger partial charge in [0.25, 0.3) is 0 Å².